The van der Waals surface area contributed by atoms with Gasteiger partial charge in [0.2, 0.25) is 5.88 Å². The number of pyridine rings is 1. The summed E-state index contributed by atoms with van der Waals surface area (Å²) < 4.78 is 5.87. The lowest BCUT2D eigenvalue weighted by molar-refractivity contribution is 0.297. The van der Waals surface area contributed by atoms with E-state index in [4.69, 9.17) is 9.84 Å². The van der Waals surface area contributed by atoms with Crippen molar-refractivity contribution in [2.24, 2.45) is 0 Å². The minimum Gasteiger partial charge on any atom is -0.439 e. The zero-order valence-electron chi connectivity index (χ0n) is 10.8. The Balaban J connectivity index is 1.85. The van der Waals surface area contributed by atoms with Crippen molar-refractivity contribution >= 4 is 0 Å². The summed E-state index contributed by atoms with van der Waals surface area (Å²) in [7, 11) is 0. The van der Waals surface area contributed by atoms with Crippen LogP contribution in [0.1, 0.15) is 23.2 Å². The molecular weight excluding hydrogens is 238 g/mol. The van der Waals surface area contributed by atoms with Crippen molar-refractivity contribution < 1.29 is 9.84 Å². The number of aliphatic hydroxyl groups is 1. The first-order chi connectivity index (χ1) is 9.36. The van der Waals surface area contributed by atoms with Crippen LogP contribution in [-0.2, 0) is 19.3 Å². The number of aromatic nitrogens is 1. The van der Waals surface area contributed by atoms with Crippen molar-refractivity contribution in [2.75, 3.05) is 6.61 Å². The normalized spacial score (nSPS) is 13.3. The van der Waals surface area contributed by atoms with Crippen molar-refractivity contribution in [3.63, 3.8) is 0 Å². The summed E-state index contributed by atoms with van der Waals surface area (Å²) in [5.74, 6) is 1.42. The van der Waals surface area contributed by atoms with Gasteiger partial charge in [-0.05, 0) is 42.9 Å². The van der Waals surface area contributed by atoms with Crippen LogP contribution in [0.3, 0.4) is 0 Å². The number of benzene rings is 1. The first-order valence-electron chi connectivity index (χ1n) is 6.72. The molecule has 3 nitrogen and oxygen atoms in total. The first kappa shape index (κ1) is 12.2. The SMILES string of the molecule is OCCc1ccccc1Oc1ccc2c(n1)CCC2. The molecule has 19 heavy (non-hydrogen) atoms. The van der Waals surface area contributed by atoms with E-state index < -0.39 is 0 Å². The Labute approximate surface area is 112 Å². The number of rotatable bonds is 4. The lowest BCUT2D eigenvalue weighted by Crippen LogP contribution is -1.97. The van der Waals surface area contributed by atoms with Gasteiger partial charge in [-0.2, -0.15) is 0 Å². The van der Waals surface area contributed by atoms with E-state index in [1.165, 1.54) is 12.0 Å². The molecule has 98 valence electrons. The fourth-order valence-electron chi connectivity index (χ4n) is 2.50. The van der Waals surface area contributed by atoms with Gasteiger partial charge in [0.15, 0.2) is 0 Å². The van der Waals surface area contributed by atoms with Gasteiger partial charge in [-0.1, -0.05) is 24.3 Å². The average molecular weight is 255 g/mol. The number of ether oxygens (including phenoxy) is 1. The molecule has 3 rings (SSSR count). The molecule has 3 heteroatoms. The highest BCUT2D eigenvalue weighted by molar-refractivity contribution is 5.37. The molecule has 0 spiro atoms. The van der Waals surface area contributed by atoms with Crippen molar-refractivity contribution in [2.45, 2.75) is 25.7 Å². The Bertz CT molecular complexity index is 581. The molecule has 0 radical (unpaired) electrons. The Hall–Kier alpha value is -1.87. The van der Waals surface area contributed by atoms with E-state index in [1.807, 2.05) is 30.3 Å². The molecule has 0 aliphatic heterocycles. The topological polar surface area (TPSA) is 42.4 Å². The standard InChI is InChI=1S/C16H17NO2/c18-11-10-13-4-1-2-7-15(13)19-16-9-8-12-5-3-6-14(12)17-16/h1-2,4,7-9,18H,3,5-6,10-11H2. The van der Waals surface area contributed by atoms with Gasteiger partial charge in [-0.25, -0.2) is 4.98 Å². The van der Waals surface area contributed by atoms with E-state index in [9.17, 15) is 0 Å². The molecule has 0 fully saturated rings. The number of aliphatic hydroxyl groups excluding tert-OH is 1. The summed E-state index contributed by atoms with van der Waals surface area (Å²) in [4.78, 5) is 4.57. The minimum absolute atomic E-state index is 0.123. The summed E-state index contributed by atoms with van der Waals surface area (Å²) in [5, 5.41) is 9.07. The third kappa shape index (κ3) is 2.61. The quantitative estimate of drug-likeness (QED) is 0.913. The van der Waals surface area contributed by atoms with Gasteiger partial charge in [-0.15, -0.1) is 0 Å². The fourth-order valence-corrected chi connectivity index (χ4v) is 2.50. The van der Waals surface area contributed by atoms with Gasteiger partial charge in [0.1, 0.15) is 5.75 Å². The average Bonchev–Trinajstić information content (AvgIpc) is 2.89. The number of para-hydroxylation sites is 1. The third-order valence-corrected chi connectivity index (χ3v) is 3.47. The smallest absolute Gasteiger partial charge is 0.219 e. The predicted octanol–water partition coefficient (Wildman–Crippen LogP) is 2.90. The molecular formula is C16H17NO2. The maximum Gasteiger partial charge on any atom is 0.219 e. The predicted molar refractivity (Wildman–Crippen MR) is 73.6 cm³/mol. The van der Waals surface area contributed by atoms with Crippen molar-refractivity contribution in [3.05, 3.63) is 53.2 Å². The summed E-state index contributed by atoms with van der Waals surface area (Å²) in [6.07, 6.45) is 3.96. The van der Waals surface area contributed by atoms with Gasteiger partial charge in [0.25, 0.3) is 0 Å². The van der Waals surface area contributed by atoms with Crippen LogP contribution in [0.15, 0.2) is 36.4 Å². The van der Waals surface area contributed by atoms with Crippen LogP contribution in [0, 0.1) is 0 Å². The largest absolute Gasteiger partial charge is 0.439 e. The van der Waals surface area contributed by atoms with Gasteiger partial charge in [0, 0.05) is 18.4 Å². The van der Waals surface area contributed by atoms with Crippen molar-refractivity contribution in [1.82, 2.24) is 4.98 Å². The van der Waals surface area contributed by atoms with E-state index in [-0.39, 0.29) is 6.61 Å². The molecule has 0 bridgehead atoms. The molecule has 0 amide bonds. The van der Waals surface area contributed by atoms with E-state index in [0.717, 1.165) is 29.8 Å². The van der Waals surface area contributed by atoms with Crippen LogP contribution in [0.25, 0.3) is 0 Å². The van der Waals surface area contributed by atoms with E-state index in [1.54, 1.807) is 0 Å². The first-order valence-corrected chi connectivity index (χ1v) is 6.72. The summed E-state index contributed by atoms with van der Waals surface area (Å²) in [5.41, 5.74) is 3.51. The second kappa shape index (κ2) is 5.41. The van der Waals surface area contributed by atoms with E-state index in [2.05, 4.69) is 11.1 Å². The van der Waals surface area contributed by atoms with Gasteiger partial charge < -0.3 is 9.84 Å². The molecule has 0 saturated carbocycles. The monoisotopic (exact) mass is 255 g/mol. The van der Waals surface area contributed by atoms with Crippen molar-refractivity contribution in [1.29, 1.82) is 0 Å². The minimum atomic E-state index is 0.123. The highest BCUT2D eigenvalue weighted by atomic mass is 16.5. The Morgan fingerprint density at radius 1 is 1.11 bits per heavy atom. The number of nitrogens with zero attached hydrogens (tertiary/aromatic N) is 1. The van der Waals surface area contributed by atoms with Gasteiger partial charge in [-0.3, -0.25) is 0 Å². The second-order valence-corrected chi connectivity index (χ2v) is 4.79. The third-order valence-electron chi connectivity index (χ3n) is 3.47. The zero-order chi connectivity index (χ0) is 13.1. The van der Waals surface area contributed by atoms with Crippen LogP contribution < -0.4 is 4.74 Å². The molecule has 0 unspecified atom stereocenters. The van der Waals surface area contributed by atoms with Crippen LogP contribution in [0.2, 0.25) is 0 Å². The van der Waals surface area contributed by atoms with Gasteiger partial charge in [0.05, 0.1) is 0 Å². The number of hydrogen-bond donors (Lipinski definition) is 1. The molecule has 1 aliphatic carbocycles. The molecule has 1 heterocycles. The van der Waals surface area contributed by atoms with Crippen LogP contribution in [0.5, 0.6) is 11.6 Å². The zero-order valence-corrected chi connectivity index (χ0v) is 10.8. The molecule has 1 aromatic carbocycles. The summed E-state index contributed by atoms with van der Waals surface area (Å²) in [6.45, 7) is 0.123. The summed E-state index contributed by atoms with van der Waals surface area (Å²) >= 11 is 0. The number of hydrogen-bond acceptors (Lipinski definition) is 3. The Kier molecular flexibility index (Phi) is 3.47. The van der Waals surface area contributed by atoms with E-state index in [0.29, 0.717) is 12.3 Å². The number of fused-ring (bicyclic) bond motifs is 1. The number of aryl methyl sites for hydroxylation is 2. The molecule has 0 saturated heterocycles. The molecule has 2 aromatic rings. The summed E-state index contributed by atoms with van der Waals surface area (Å²) in [6, 6.07) is 11.8. The maximum atomic E-state index is 9.07. The second-order valence-electron chi connectivity index (χ2n) is 4.79. The lowest BCUT2D eigenvalue weighted by atomic mass is 10.1. The maximum absolute atomic E-state index is 9.07. The molecule has 1 aromatic heterocycles. The molecule has 1 N–H and O–H groups in total. The highest BCUT2D eigenvalue weighted by Gasteiger charge is 2.13. The van der Waals surface area contributed by atoms with E-state index >= 15 is 0 Å². The highest BCUT2D eigenvalue weighted by Crippen LogP contribution is 2.27. The fraction of sp³-hybridized carbons (Fsp3) is 0.312. The molecule has 1 aliphatic rings. The van der Waals surface area contributed by atoms with Gasteiger partial charge >= 0.3 is 0 Å². The lowest BCUT2D eigenvalue weighted by Gasteiger charge is -2.10. The van der Waals surface area contributed by atoms with Crippen LogP contribution >= 0.6 is 0 Å². The van der Waals surface area contributed by atoms with Crippen molar-refractivity contribution in [3.8, 4) is 11.6 Å². The Morgan fingerprint density at radius 2 is 2.00 bits per heavy atom. The van der Waals surface area contributed by atoms with Crippen LogP contribution in [-0.4, -0.2) is 16.7 Å². The van der Waals surface area contributed by atoms with Crippen LogP contribution in [0.4, 0.5) is 0 Å². The Morgan fingerprint density at radius 3 is 2.89 bits per heavy atom. The molecule has 0 atom stereocenters.